The lowest BCUT2D eigenvalue weighted by atomic mass is 9.97. The van der Waals surface area contributed by atoms with Gasteiger partial charge in [0.05, 0.1) is 12.3 Å². The smallest absolute Gasteiger partial charge is 0.307 e. The second-order valence-corrected chi connectivity index (χ2v) is 7.13. The highest BCUT2D eigenvalue weighted by Crippen LogP contribution is 2.16. The summed E-state index contributed by atoms with van der Waals surface area (Å²) in [7, 11) is 0. The average Bonchev–Trinajstić information content (AvgIpc) is 2.49. The number of unbranched alkanes of at least 4 members (excludes halogenated alkanes) is 7. The van der Waals surface area contributed by atoms with Crippen LogP contribution in [-0.2, 0) is 9.59 Å². The van der Waals surface area contributed by atoms with Gasteiger partial charge in [-0.15, -0.1) is 0 Å². The van der Waals surface area contributed by atoms with Crippen molar-refractivity contribution in [2.45, 2.75) is 90.9 Å². The molecule has 0 fully saturated rings. The van der Waals surface area contributed by atoms with E-state index < -0.39 is 17.9 Å². The Bertz CT molecular complexity index is 361. The predicted octanol–water partition coefficient (Wildman–Crippen LogP) is 5.67. The molecule has 1 atom stereocenters. The largest absolute Gasteiger partial charge is 0.481 e. The first-order valence-electron chi connectivity index (χ1n) is 9.53. The minimum absolute atomic E-state index is 0.265. The Morgan fingerprint density at radius 1 is 0.792 bits per heavy atom. The highest BCUT2D eigenvalue weighted by molar-refractivity contribution is 5.77. The third-order valence-electron chi connectivity index (χ3n) is 4.26. The molecule has 0 amide bonds. The highest BCUT2D eigenvalue weighted by atomic mass is 16.4. The molecule has 0 aliphatic heterocycles. The molecule has 0 aromatic carbocycles. The first kappa shape index (κ1) is 22.7. The van der Waals surface area contributed by atoms with Crippen molar-refractivity contribution in [3.8, 4) is 0 Å². The van der Waals surface area contributed by atoms with E-state index in [1.54, 1.807) is 0 Å². The van der Waals surface area contributed by atoms with Crippen LogP contribution in [0.25, 0.3) is 0 Å². The number of hydrogen-bond acceptors (Lipinski definition) is 2. The molecule has 0 aliphatic carbocycles. The van der Waals surface area contributed by atoms with Gasteiger partial charge in [0.2, 0.25) is 0 Å². The van der Waals surface area contributed by atoms with E-state index in [1.165, 1.54) is 38.5 Å². The maximum atomic E-state index is 10.9. The van der Waals surface area contributed by atoms with Crippen LogP contribution in [0.15, 0.2) is 12.2 Å². The molecule has 0 heterocycles. The van der Waals surface area contributed by atoms with Crippen LogP contribution < -0.4 is 0 Å². The summed E-state index contributed by atoms with van der Waals surface area (Å²) >= 11 is 0. The summed E-state index contributed by atoms with van der Waals surface area (Å²) in [5.74, 6) is -1.95. The highest BCUT2D eigenvalue weighted by Gasteiger charge is 2.20. The van der Waals surface area contributed by atoms with Crippen molar-refractivity contribution in [2.75, 3.05) is 0 Å². The van der Waals surface area contributed by atoms with Crippen LogP contribution in [0.4, 0.5) is 0 Å². The van der Waals surface area contributed by atoms with Crippen LogP contribution in [0.1, 0.15) is 90.9 Å². The van der Waals surface area contributed by atoms with Gasteiger partial charge in [-0.25, -0.2) is 0 Å². The molecule has 0 aromatic heterocycles. The van der Waals surface area contributed by atoms with Gasteiger partial charge in [0.25, 0.3) is 0 Å². The monoisotopic (exact) mass is 340 g/mol. The van der Waals surface area contributed by atoms with Gasteiger partial charge < -0.3 is 10.2 Å². The zero-order valence-electron chi connectivity index (χ0n) is 15.5. The summed E-state index contributed by atoms with van der Waals surface area (Å²) in [6.07, 6.45) is 16.3. The Hall–Kier alpha value is -1.32. The van der Waals surface area contributed by atoms with E-state index in [1.807, 2.05) is 0 Å². The summed E-state index contributed by atoms with van der Waals surface area (Å²) in [5.41, 5.74) is 0. The number of carboxylic acid groups (broad SMARTS) is 2. The Morgan fingerprint density at radius 2 is 1.33 bits per heavy atom. The molecule has 4 nitrogen and oxygen atoms in total. The number of carboxylic acids is 2. The minimum Gasteiger partial charge on any atom is -0.481 e. The van der Waals surface area contributed by atoms with Crippen molar-refractivity contribution in [3.05, 3.63) is 12.2 Å². The fourth-order valence-corrected chi connectivity index (χ4v) is 2.76. The normalized spacial score (nSPS) is 12.8. The fourth-order valence-electron chi connectivity index (χ4n) is 2.76. The zero-order chi connectivity index (χ0) is 18.2. The fraction of sp³-hybridized carbons (Fsp3) is 0.800. The molecule has 0 bridgehead atoms. The van der Waals surface area contributed by atoms with Crippen LogP contribution in [0.2, 0.25) is 0 Å². The molecule has 0 radical (unpaired) electrons. The van der Waals surface area contributed by atoms with E-state index in [9.17, 15) is 9.59 Å². The van der Waals surface area contributed by atoms with Crippen molar-refractivity contribution in [1.29, 1.82) is 0 Å². The summed E-state index contributed by atoms with van der Waals surface area (Å²) in [6, 6.07) is 0. The van der Waals surface area contributed by atoms with E-state index in [-0.39, 0.29) is 6.42 Å². The summed E-state index contributed by atoms with van der Waals surface area (Å²) in [5, 5.41) is 17.6. The standard InChI is InChI=1S/C20H36O4/c1-17(2)14-12-10-8-6-4-3-5-7-9-11-13-15-18(20(23)24)16-19(21)22/h6,8,17-18H,3-5,7,9-16H2,1-2H3,(H,21,22)(H,23,24). The second-order valence-electron chi connectivity index (χ2n) is 7.13. The van der Waals surface area contributed by atoms with Crippen molar-refractivity contribution in [1.82, 2.24) is 0 Å². The third kappa shape index (κ3) is 15.6. The minimum atomic E-state index is -1.03. The molecule has 0 saturated heterocycles. The van der Waals surface area contributed by atoms with E-state index in [2.05, 4.69) is 26.0 Å². The molecule has 4 heteroatoms. The number of allylic oxidation sites excluding steroid dienone is 2. The molecular weight excluding hydrogens is 304 g/mol. The first-order valence-corrected chi connectivity index (χ1v) is 9.53. The van der Waals surface area contributed by atoms with Crippen LogP contribution in [0.3, 0.4) is 0 Å². The van der Waals surface area contributed by atoms with E-state index in [4.69, 9.17) is 10.2 Å². The van der Waals surface area contributed by atoms with E-state index >= 15 is 0 Å². The SMILES string of the molecule is CC(C)CCCC=CCCCCCCCCC(CC(=O)O)C(=O)O. The predicted molar refractivity (Wildman–Crippen MR) is 98.1 cm³/mol. The van der Waals surface area contributed by atoms with Gasteiger partial charge >= 0.3 is 11.9 Å². The molecule has 2 N–H and O–H groups in total. The quantitative estimate of drug-likeness (QED) is 0.280. The number of aliphatic carboxylic acids is 2. The summed E-state index contributed by atoms with van der Waals surface area (Å²) in [6.45, 7) is 4.52. The molecule has 0 spiro atoms. The van der Waals surface area contributed by atoms with Crippen molar-refractivity contribution in [2.24, 2.45) is 11.8 Å². The summed E-state index contributed by atoms with van der Waals surface area (Å²) < 4.78 is 0. The van der Waals surface area contributed by atoms with Gasteiger partial charge in [-0.2, -0.15) is 0 Å². The van der Waals surface area contributed by atoms with Crippen LogP contribution >= 0.6 is 0 Å². The number of rotatable bonds is 16. The topological polar surface area (TPSA) is 74.6 Å². The van der Waals surface area contributed by atoms with Crippen molar-refractivity contribution in [3.63, 3.8) is 0 Å². The first-order chi connectivity index (χ1) is 11.4. The van der Waals surface area contributed by atoms with Gasteiger partial charge in [0.15, 0.2) is 0 Å². The zero-order valence-corrected chi connectivity index (χ0v) is 15.5. The van der Waals surface area contributed by atoms with E-state index in [0.29, 0.717) is 6.42 Å². The number of hydrogen-bond donors (Lipinski definition) is 2. The molecular formula is C20H36O4. The molecule has 24 heavy (non-hydrogen) atoms. The average molecular weight is 341 g/mol. The van der Waals surface area contributed by atoms with Crippen molar-refractivity contribution < 1.29 is 19.8 Å². The maximum Gasteiger partial charge on any atom is 0.307 e. The Labute approximate surface area is 147 Å². The van der Waals surface area contributed by atoms with Crippen LogP contribution in [0, 0.1) is 11.8 Å². The molecule has 140 valence electrons. The molecule has 0 aliphatic rings. The maximum absolute atomic E-state index is 10.9. The second kappa shape index (κ2) is 15.2. The van der Waals surface area contributed by atoms with Crippen LogP contribution in [-0.4, -0.2) is 22.2 Å². The van der Waals surface area contributed by atoms with Gasteiger partial charge in [-0.1, -0.05) is 64.5 Å². The molecule has 0 saturated carbocycles. The van der Waals surface area contributed by atoms with Crippen molar-refractivity contribution >= 4 is 11.9 Å². The van der Waals surface area contributed by atoms with Crippen LogP contribution in [0.5, 0.6) is 0 Å². The lowest BCUT2D eigenvalue weighted by Crippen LogP contribution is -2.17. The molecule has 1 unspecified atom stereocenters. The van der Waals surface area contributed by atoms with Gasteiger partial charge in [-0.05, 0) is 38.0 Å². The summed E-state index contributed by atoms with van der Waals surface area (Å²) in [4.78, 5) is 21.5. The molecule has 0 rings (SSSR count). The number of carbonyl (C=O) groups is 2. The van der Waals surface area contributed by atoms with Gasteiger partial charge in [-0.3, -0.25) is 9.59 Å². The Balaban J connectivity index is 3.43. The third-order valence-corrected chi connectivity index (χ3v) is 4.26. The lowest BCUT2D eigenvalue weighted by Gasteiger charge is -2.09. The lowest BCUT2D eigenvalue weighted by molar-refractivity contribution is -0.148. The van der Waals surface area contributed by atoms with Gasteiger partial charge in [0.1, 0.15) is 0 Å². The van der Waals surface area contributed by atoms with Gasteiger partial charge in [0, 0.05) is 0 Å². The molecule has 0 aromatic rings. The van der Waals surface area contributed by atoms with E-state index in [0.717, 1.165) is 31.6 Å². The Kier molecular flexibility index (Phi) is 14.4. The Morgan fingerprint density at radius 3 is 1.88 bits per heavy atom.